The van der Waals surface area contributed by atoms with E-state index in [4.69, 9.17) is 13.9 Å². The Morgan fingerprint density at radius 3 is 2.13 bits per heavy atom. The van der Waals surface area contributed by atoms with Crippen LogP contribution in [0.4, 0.5) is 0 Å². The zero-order chi connectivity index (χ0) is 17.9. The lowest BCUT2D eigenvalue weighted by atomic mass is 9.94. The molecule has 5 nitrogen and oxygen atoms in total. The number of ether oxygens (including phenoxy) is 2. The van der Waals surface area contributed by atoms with Gasteiger partial charge in [0.2, 0.25) is 6.29 Å². The van der Waals surface area contributed by atoms with Gasteiger partial charge >= 0.3 is 0 Å². The third kappa shape index (κ3) is 5.07. The summed E-state index contributed by atoms with van der Waals surface area (Å²) in [6.07, 6.45) is 1.27. The fourth-order valence-corrected chi connectivity index (χ4v) is 2.96. The van der Waals surface area contributed by atoms with Crippen molar-refractivity contribution in [2.45, 2.75) is 64.5 Å². The van der Waals surface area contributed by atoms with E-state index in [0.717, 1.165) is 11.5 Å². The maximum Gasteiger partial charge on any atom is 0.200 e. The van der Waals surface area contributed by atoms with E-state index in [1.54, 1.807) is 20.4 Å². The first-order valence-electron chi connectivity index (χ1n) is 7.97. The molecule has 0 spiro atoms. The first-order valence-corrected chi connectivity index (χ1v) is 10.9. The summed E-state index contributed by atoms with van der Waals surface area (Å²) in [5.74, 6) is 0.743. The average molecular weight is 341 g/mol. The highest BCUT2D eigenvalue weighted by atomic mass is 28.4. The maximum atomic E-state index is 6.36. The Hall–Kier alpha value is -0.823. The van der Waals surface area contributed by atoms with Gasteiger partial charge in [-0.3, -0.25) is 0 Å². The van der Waals surface area contributed by atoms with Crippen LogP contribution in [-0.2, 0) is 19.3 Å². The van der Waals surface area contributed by atoms with Crippen molar-refractivity contribution >= 4 is 8.32 Å². The molecule has 1 heterocycles. The molecule has 0 aliphatic carbocycles. The summed E-state index contributed by atoms with van der Waals surface area (Å²) < 4.78 is 16.9. The Morgan fingerprint density at radius 2 is 1.65 bits per heavy atom. The molecular weight excluding hydrogens is 308 g/mol. The largest absolute Gasteiger partial charge is 0.416 e. The minimum atomic E-state index is -1.80. The van der Waals surface area contributed by atoms with Gasteiger partial charge in [-0.2, -0.15) is 0 Å². The van der Waals surface area contributed by atoms with E-state index in [1.165, 1.54) is 0 Å². The van der Waals surface area contributed by atoms with Crippen LogP contribution in [0.1, 0.15) is 52.4 Å². The average Bonchev–Trinajstić information content (AvgIpc) is 2.46. The van der Waals surface area contributed by atoms with Crippen molar-refractivity contribution in [1.82, 2.24) is 9.97 Å². The normalized spacial score (nSPS) is 13.7. The molecule has 0 aromatic carbocycles. The molecule has 0 fully saturated rings. The maximum absolute atomic E-state index is 6.36. The standard InChI is InChI=1S/C17H32N2O3Si/c1-16(2,3)23(8,9)22-12-17(4,5)15-18-11-10-13(19-15)14(20-6)21-7/h10-11,14H,12H2,1-9H3. The lowest BCUT2D eigenvalue weighted by Crippen LogP contribution is -2.44. The van der Waals surface area contributed by atoms with E-state index >= 15 is 0 Å². The zero-order valence-electron chi connectivity index (χ0n) is 16.1. The first-order chi connectivity index (χ1) is 10.4. The summed E-state index contributed by atoms with van der Waals surface area (Å²) in [6.45, 7) is 16.0. The molecule has 0 aliphatic heterocycles. The van der Waals surface area contributed by atoms with Crippen LogP contribution in [0.3, 0.4) is 0 Å². The van der Waals surface area contributed by atoms with Crippen molar-refractivity contribution in [3.63, 3.8) is 0 Å². The molecule has 6 heteroatoms. The van der Waals surface area contributed by atoms with Crippen LogP contribution in [0.2, 0.25) is 18.1 Å². The summed E-state index contributed by atoms with van der Waals surface area (Å²) >= 11 is 0. The molecule has 0 radical (unpaired) electrons. The Kier molecular flexibility index (Phi) is 6.49. The van der Waals surface area contributed by atoms with E-state index in [1.807, 2.05) is 6.07 Å². The number of hydrogen-bond acceptors (Lipinski definition) is 5. The smallest absolute Gasteiger partial charge is 0.200 e. The van der Waals surface area contributed by atoms with E-state index < -0.39 is 14.6 Å². The fraction of sp³-hybridized carbons (Fsp3) is 0.765. The molecule has 0 N–H and O–H groups in total. The molecule has 0 saturated carbocycles. The van der Waals surface area contributed by atoms with Gasteiger partial charge in [0.15, 0.2) is 8.32 Å². The molecule has 23 heavy (non-hydrogen) atoms. The second-order valence-electron chi connectivity index (χ2n) is 8.04. The number of aromatic nitrogens is 2. The molecule has 1 aromatic heterocycles. The summed E-state index contributed by atoms with van der Waals surface area (Å²) in [4.78, 5) is 9.06. The van der Waals surface area contributed by atoms with Gasteiger partial charge in [0.05, 0.1) is 5.69 Å². The van der Waals surface area contributed by atoms with Crippen molar-refractivity contribution in [1.29, 1.82) is 0 Å². The number of nitrogens with zero attached hydrogens (tertiary/aromatic N) is 2. The third-order valence-electron chi connectivity index (χ3n) is 4.55. The van der Waals surface area contributed by atoms with Crippen LogP contribution in [0.15, 0.2) is 12.3 Å². The number of hydrogen-bond donors (Lipinski definition) is 0. The number of rotatable bonds is 7. The molecule has 1 aromatic rings. The minimum Gasteiger partial charge on any atom is -0.416 e. The van der Waals surface area contributed by atoms with E-state index in [-0.39, 0.29) is 10.5 Å². The SMILES string of the molecule is COC(OC)c1ccnc(C(C)(C)CO[Si](C)(C)C(C)(C)C)n1. The van der Waals surface area contributed by atoms with Crippen molar-refractivity contribution in [2.75, 3.05) is 20.8 Å². The fourth-order valence-electron chi connectivity index (χ4n) is 1.81. The highest BCUT2D eigenvalue weighted by molar-refractivity contribution is 6.74. The second kappa shape index (κ2) is 7.38. The van der Waals surface area contributed by atoms with E-state index in [0.29, 0.717) is 6.61 Å². The monoisotopic (exact) mass is 340 g/mol. The van der Waals surface area contributed by atoms with Crippen LogP contribution in [-0.4, -0.2) is 39.1 Å². The molecule has 0 atom stereocenters. The summed E-state index contributed by atoms with van der Waals surface area (Å²) in [7, 11) is 1.40. The Labute approximate surface area is 141 Å². The minimum absolute atomic E-state index is 0.184. The van der Waals surface area contributed by atoms with Gasteiger partial charge in [-0.25, -0.2) is 9.97 Å². The predicted molar refractivity (Wildman–Crippen MR) is 95.0 cm³/mol. The lowest BCUT2D eigenvalue weighted by molar-refractivity contribution is -0.108. The second-order valence-corrected chi connectivity index (χ2v) is 12.9. The van der Waals surface area contributed by atoms with Gasteiger partial charge in [0.25, 0.3) is 0 Å². The molecule has 1 rings (SSSR count). The highest BCUT2D eigenvalue weighted by Crippen LogP contribution is 2.37. The Morgan fingerprint density at radius 1 is 1.09 bits per heavy atom. The van der Waals surface area contributed by atoms with Gasteiger partial charge in [0.1, 0.15) is 5.82 Å². The van der Waals surface area contributed by atoms with Crippen LogP contribution >= 0.6 is 0 Å². The molecule has 0 amide bonds. The molecule has 0 bridgehead atoms. The summed E-state index contributed by atoms with van der Waals surface area (Å²) in [6, 6.07) is 1.81. The van der Waals surface area contributed by atoms with Gasteiger partial charge < -0.3 is 13.9 Å². The van der Waals surface area contributed by atoms with Gasteiger partial charge in [-0.05, 0) is 24.2 Å². The predicted octanol–water partition coefficient (Wildman–Crippen LogP) is 4.07. The molecular formula is C17H32N2O3Si. The Balaban J connectivity index is 2.94. The van der Waals surface area contributed by atoms with Gasteiger partial charge in [0, 0.05) is 32.4 Å². The van der Waals surface area contributed by atoms with Gasteiger partial charge in [-0.15, -0.1) is 0 Å². The van der Waals surface area contributed by atoms with Crippen molar-refractivity contribution < 1.29 is 13.9 Å². The summed E-state index contributed by atoms with van der Waals surface area (Å²) in [5, 5.41) is 0.184. The highest BCUT2D eigenvalue weighted by Gasteiger charge is 2.39. The quantitative estimate of drug-likeness (QED) is 0.553. The van der Waals surface area contributed by atoms with E-state index in [2.05, 4.69) is 57.7 Å². The van der Waals surface area contributed by atoms with Crippen molar-refractivity contribution in [3.05, 3.63) is 23.8 Å². The summed E-state index contributed by atoms with van der Waals surface area (Å²) in [5.41, 5.74) is 0.442. The number of methoxy groups -OCH3 is 2. The topological polar surface area (TPSA) is 53.5 Å². The van der Waals surface area contributed by atoms with Crippen LogP contribution < -0.4 is 0 Å². The molecule has 132 valence electrons. The van der Waals surface area contributed by atoms with Crippen LogP contribution in [0.5, 0.6) is 0 Å². The first kappa shape index (κ1) is 20.2. The van der Waals surface area contributed by atoms with Gasteiger partial charge in [-0.1, -0.05) is 34.6 Å². The van der Waals surface area contributed by atoms with Crippen molar-refractivity contribution in [2.24, 2.45) is 0 Å². The van der Waals surface area contributed by atoms with Crippen LogP contribution in [0, 0.1) is 0 Å². The van der Waals surface area contributed by atoms with Crippen LogP contribution in [0.25, 0.3) is 0 Å². The molecule has 0 unspecified atom stereocenters. The zero-order valence-corrected chi connectivity index (χ0v) is 17.1. The third-order valence-corrected chi connectivity index (χ3v) is 9.03. The van der Waals surface area contributed by atoms with Crippen molar-refractivity contribution in [3.8, 4) is 0 Å². The lowest BCUT2D eigenvalue weighted by Gasteiger charge is -2.38. The molecule has 0 saturated heterocycles. The molecule has 0 aliphatic rings. The Bertz CT molecular complexity index is 509. The van der Waals surface area contributed by atoms with E-state index in [9.17, 15) is 0 Å².